The molecule has 5 nitrogen and oxygen atoms in total. The predicted molar refractivity (Wildman–Crippen MR) is 65.6 cm³/mol. The van der Waals surface area contributed by atoms with Gasteiger partial charge >= 0.3 is 6.09 Å². The summed E-state index contributed by atoms with van der Waals surface area (Å²) in [6.07, 6.45) is 1.20. The van der Waals surface area contributed by atoms with Crippen molar-refractivity contribution in [1.82, 2.24) is 0 Å². The summed E-state index contributed by atoms with van der Waals surface area (Å²) in [6.45, 7) is 5.46. The average Bonchev–Trinajstić information content (AvgIpc) is 2.34. The lowest BCUT2D eigenvalue weighted by molar-refractivity contribution is -0.934. The van der Waals surface area contributed by atoms with Crippen LogP contribution in [0.5, 0.6) is 0 Å². The van der Waals surface area contributed by atoms with Gasteiger partial charge in [-0.2, -0.15) is 9.28 Å². The van der Waals surface area contributed by atoms with Crippen molar-refractivity contribution < 1.29 is 24.2 Å². The molecule has 0 radical (unpaired) electrons. The van der Waals surface area contributed by atoms with Crippen LogP contribution in [0, 0.1) is 0 Å². The van der Waals surface area contributed by atoms with Gasteiger partial charge in [0.25, 0.3) is 0 Å². The quantitative estimate of drug-likeness (QED) is 0.644. The lowest BCUT2D eigenvalue weighted by Gasteiger charge is -2.47. The van der Waals surface area contributed by atoms with Crippen molar-refractivity contribution in [3.8, 4) is 0 Å². The van der Waals surface area contributed by atoms with Crippen LogP contribution in [0.25, 0.3) is 0 Å². The third kappa shape index (κ3) is 1.94. The molecular weight excluding hydrogens is 234 g/mol. The number of carbonyl (C=O) groups is 1. The van der Waals surface area contributed by atoms with Crippen LogP contribution >= 0.6 is 0 Å². The normalized spacial score (nSPS) is 43.9. The zero-order valence-corrected chi connectivity index (χ0v) is 11.6. The fourth-order valence-corrected chi connectivity index (χ4v) is 3.30. The summed E-state index contributed by atoms with van der Waals surface area (Å²) in [7, 11) is 1.73. The molecule has 4 unspecified atom stereocenters. The van der Waals surface area contributed by atoms with Crippen LogP contribution in [-0.2, 0) is 4.74 Å². The van der Waals surface area contributed by atoms with Crippen LogP contribution in [-0.4, -0.2) is 51.3 Å². The number of fused-ring (bicyclic) bond motifs is 2. The average molecular weight is 258 g/mol. The number of rotatable bonds is 0. The summed E-state index contributed by atoms with van der Waals surface area (Å²) >= 11 is 0. The lowest BCUT2D eigenvalue weighted by Crippen LogP contribution is -2.69. The third-order valence-corrected chi connectivity index (χ3v) is 4.35. The van der Waals surface area contributed by atoms with Crippen LogP contribution in [0.15, 0.2) is 0 Å². The highest BCUT2D eigenvalue weighted by Crippen LogP contribution is 2.48. The number of hydrogen-bond donors (Lipinski definition) is 2. The predicted octanol–water partition coefficient (Wildman–Crippen LogP) is 1.37. The van der Waals surface area contributed by atoms with E-state index in [0.29, 0.717) is 12.8 Å². The van der Waals surface area contributed by atoms with E-state index in [1.165, 1.54) is 0 Å². The summed E-state index contributed by atoms with van der Waals surface area (Å²) < 4.78 is 5.34. The first-order chi connectivity index (χ1) is 8.08. The van der Waals surface area contributed by atoms with Crippen LogP contribution in [0.1, 0.15) is 46.5 Å². The lowest BCUT2D eigenvalue weighted by atomic mass is 9.94. The Hall–Kier alpha value is -0.650. The molecule has 2 aliphatic heterocycles. The smallest absolute Gasteiger partial charge is 0.414 e. The van der Waals surface area contributed by atoms with Gasteiger partial charge in [-0.05, 0) is 20.8 Å². The Morgan fingerprint density at radius 2 is 2.06 bits per heavy atom. The molecular formula is C13H24NO4+. The molecule has 2 rings (SSSR count). The van der Waals surface area contributed by atoms with Crippen LogP contribution in [0.2, 0.25) is 0 Å². The first-order valence-electron chi connectivity index (χ1n) is 6.59. The number of nitrogens with zero attached hydrogens (tertiary/aromatic N) is 1. The molecule has 0 aromatic carbocycles. The Bertz CT molecular complexity index is 364. The molecule has 0 aromatic heterocycles. The number of ether oxygens (including phenoxy) is 1. The molecule has 18 heavy (non-hydrogen) atoms. The summed E-state index contributed by atoms with van der Waals surface area (Å²) in [6, 6.07) is -0.0476. The van der Waals surface area contributed by atoms with E-state index in [0.717, 1.165) is 6.42 Å². The van der Waals surface area contributed by atoms with E-state index in [4.69, 9.17) is 4.74 Å². The van der Waals surface area contributed by atoms with E-state index in [2.05, 4.69) is 0 Å². The van der Waals surface area contributed by atoms with Crippen LogP contribution < -0.4 is 0 Å². The molecule has 5 heteroatoms. The fraction of sp³-hybridized carbons (Fsp3) is 0.923. The molecule has 104 valence electrons. The highest BCUT2D eigenvalue weighted by Gasteiger charge is 2.66. The summed E-state index contributed by atoms with van der Waals surface area (Å²) in [5, 5.41) is 20.5. The fourth-order valence-electron chi connectivity index (χ4n) is 3.30. The second-order valence-electron chi connectivity index (χ2n) is 6.82. The van der Waals surface area contributed by atoms with Gasteiger partial charge in [0, 0.05) is 19.3 Å². The molecule has 0 saturated carbocycles. The third-order valence-electron chi connectivity index (χ3n) is 4.35. The molecule has 2 saturated heterocycles. The monoisotopic (exact) mass is 258 g/mol. The van der Waals surface area contributed by atoms with Crippen molar-refractivity contribution in [2.24, 2.45) is 0 Å². The van der Waals surface area contributed by atoms with Crippen LogP contribution in [0.4, 0.5) is 4.79 Å². The molecule has 0 spiro atoms. The zero-order valence-electron chi connectivity index (χ0n) is 11.6. The number of hydrogen-bond acceptors (Lipinski definition) is 4. The summed E-state index contributed by atoms with van der Waals surface area (Å²) in [4.78, 5) is 12.4. The molecule has 1 amide bonds. The minimum atomic E-state index is -1.18. The largest absolute Gasteiger partial charge is 0.518 e. The highest BCUT2D eigenvalue weighted by atomic mass is 16.6. The highest BCUT2D eigenvalue weighted by molar-refractivity contribution is 5.61. The van der Waals surface area contributed by atoms with Crippen molar-refractivity contribution >= 4 is 6.09 Å². The van der Waals surface area contributed by atoms with Crippen LogP contribution in [0.3, 0.4) is 0 Å². The van der Waals surface area contributed by atoms with E-state index in [9.17, 15) is 15.0 Å². The van der Waals surface area contributed by atoms with Gasteiger partial charge < -0.3 is 14.9 Å². The maximum absolute atomic E-state index is 12.4. The van der Waals surface area contributed by atoms with E-state index in [1.807, 2.05) is 20.8 Å². The van der Waals surface area contributed by atoms with Gasteiger partial charge in [0.2, 0.25) is 5.72 Å². The second-order valence-corrected chi connectivity index (χ2v) is 6.82. The number of carbonyl (C=O) groups excluding carboxylic acids is 1. The van der Waals surface area contributed by atoms with Crippen molar-refractivity contribution in [3.63, 3.8) is 0 Å². The Morgan fingerprint density at radius 3 is 2.56 bits per heavy atom. The Morgan fingerprint density at radius 1 is 1.44 bits per heavy atom. The van der Waals surface area contributed by atoms with Crippen molar-refractivity contribution in [3.05, 3.63) is 0 Å². The van der Waals surface area contributed by atoms with Gasteiger partial charge in [-0.3, -0.25) is 0 Å². The SMILES string of the molecule is CC(C)(C)OC(=O)[N+]1(C)C2CCC1(O)CC(O)C2. The molecule has 2 N–H and O–H groups in total. The molecule has 0 aliphatic carbocycles. The molecule has 2 heterocycles. The Balaban J connectivity index is 2.28. The van der Waals surface area contributed by atoms with E-state index in [-0.39, 0.29) is 23.0 Å². The molecule has 4 atom stereocenters. The zero-order chi connectivity index (χ0) is 13.8. The van der Waals surface area contributed by atoms with Gasteiger partial charge in [-0.25, -0.2) is 0 Å². The molecule has 2 fully saturated rings. The first-order valence-corrected chi connectivity index (χ1v) is 6.59. The van der Waals surface area contributed by atoms with Crippen molar-refractivity contribution in [1.29, 1.82) is 0 Å². The number of quaternary nitrogens is 1. The number of aliphatic hydroxyl groups excluding tert-OH is 1. The summed E-state index contributed by atoms with van der Waals surface area (Å²) in [5.74, 6) is 0. The van der Waals surface area contributed by atoms with Crippen molar-refractivity contribution in [2.75, 3.05) is 7.05 Å². The minimum Gasteiger partial charge on any atom is -0.414 e. The van der Waals surface area contributed by atoms with Gasteiger partial charge in [0.05, 0.1) is 19.6 Å². The van der Waals surface area contributed by atoms with E-state index in [1.54, 1.807) is 7.05 Å². The van der Waals surface area contributed by atoms with Gasteiger partial charge in [-0.1, -0.05) is 0 Å². The van der Waals surface area contributed by atoms with Crippen molar-refractivity contribution in [2.45, 2.75) is 69.9 Å². The molecule has 0 aromatic rings. The maximum atomic E-state index is 12.4. The standard InChI is InChI=1S/C13H24NO4/c1-12(2,3)18-11(16)14(4)9-5-6-13(14,17)8-10(15)7-9/h9-10,15,17H,5-8H2,1-4H3/q+1. The van der Waals surface area contributed by atoms with E-state index < -0.39 is 17.4 Å². The number of aliphatic hydroxyl groups is 2. The van der Waals surface area contributed by atoms with Gasteiger partial charge in [-0.15, -0.1) is 0 Å². The number of piperidine rings is 1. The first kappa shape index (κ1) is 13.8. The number of amides is 1. The Kier molecular flexibility index (Phi) is 3.00. The Labute approximate surface area is 108 Å². The second kappa shape index (κ2) is 3.92. The molecule has 2 aliphatic rings. The summed E-state index contributed by atoms with van der Waals surface area (Å²) in [5.41, 5.74) is -1.74. The van der Waals surface area contributed by atoms with Gasteiger partial charge in [0.15, 0.2) is 0 Å². The maximum Gasteiger partial charge on any atom is 0.518 e. The van der Waals surface area contributed by atoms with Gasteiger partial charge in [0.1, 0.15) is 11.6 Å². The minimum absolute atomic E-state index is 0.0476. The van der Waals surface area contributed by atoms with E-state index >= 15 is 0 Å². The molecule has 2 bridgehead atoms. The topological polar surface area (TPSA) is 66.8 Å².